The van der Waals surface area contributed by atoms with Gasteiger partial charge in [0.25, 0.3) is 0 Å². The van der Waals surface area contributed by atoms with E-state index in [1.807, 2.05) is 0 Å². The van der Waals surface area contributed by atoms with Gasteiger partial charge >= 0.3 is 5.69 Å². The number of nitrogens with zero attached hydrogens (tertiary/aromatic N) is 1. The summed E-state index contributed by atoms with van der Waals surface area (Å²) in [7, 11) is 0. The van der Waals surface area contributed by atoms with Crippen molar-refractivity contribution in [1.82, 2.24) is 0 Å². The number of nitro groups is 1. The highest BCUT2D eigenvalue weighted by molar-refractivity contribution is 5.76. The fourth-order valence-electron chi connectivity index (χ4n) is 2.33. The first-order chi connectivity index (χ1) is 9.62. The minimum atomic E-state index is -0.601. The number of aliphatic hydroxyl groups is 1. The van der Waals surface area contributed by atoms with Crippen LogP contribution in [-0.4, -0.2) is 35.4 Å². The SMILES string of the molecule is NNc1cccc(NC2(CO)CCOCC2)c1[N+](=O)[O-]. The molecule has 1 aliphatic heterocycles. The van der Waals surface area contributed by atoms with Crippen molar-refractivity contribution in [3.63, 3.8) is 0 Å². The number of aliphatic hydroxyl groups excluding tert-OH is 1. The fraction of sp³-hybridized carbons (Fsp3) is 0.500. The number of nitrogens with two attached hydrogens (primary N) is 1. The van der Waals surface area contributed by atoms with Gasteiger partial charge in [0.2, 0.25) is 0 Å². The van der Waals surface area contributed by atoms with E-state index in [9.17, 15) is 15.2 Å². The van der Waals surface area contributed by atoms with Crippen LogP contribution in [0.15, 0.2) is 18.2 Å². The maximum absolute atomic E-state index is 11.2. The normalized spacial score (nSPS) is 17.5. The molecule has 0 radical (unpaired) electrons. The largest absolute Gasteiger partial charge is 0.394 e. The Kier molecular flexibility index (Phi) is 4.38. The molecule has 1 heterocycles. The van der Waals surface area contributed by atoms with Gasteiger partial charge in [-0.2, -0.15) is 0 Å². The standard InChI is InChI=1S/C12H18N4O4/c13-15-10-3-1-2-9(11(10)16(18)19)14-12(8-17)4-6-20-7-5-12/h1-3,14-15,17H,4-8,13H2. The van der Waals surface area contributed by atoms with Crippen molar-refractivity contribution in [2.45, 2.75) is 18.4 Å². The molecule has 0 spiro atoms. The number of ether oxygens (including phenoxy) is 1. The van der Waals surface area contributed by atoms with E-state index >= 15 is 0 Å². The molecule has 110 valence electrons. The lowest BCUT2D eigenvalue weighted by molar-refractivity contribution is -0.383. The van der Waals surface area contributed by atoms with Crippen LogP contribution in [0.4, 0.5) is 17.1 Å². The summed E-state index contributed by atoms with van der Waals surface area (Å²) in [5, 5.41) is 24.0. The number of anilines is 2. The van der Waals surface area contributed by atoms with E-state index in [0.717, 1.165) is 0 Å². The number of benzene rings is 1. The molecule has 0 atom stereocenters. The van der Waals surface area contributed by atoms with Crippen LogP contribution in [0.1, 0.15) is 12.8 Å². The lowest BCUT2D eigenvalue weighted by Crippen LogP contribution is -2.47. The summed E-state index contributed by atoms with van der Waals surface area (Å²) < 4.78 is 5.27. The van der Waals surface area contributed by atoms with Gasteiger partial charge in [-0.25, -0.2) is 0 Å². The van der Waals surface area contributed by atoms with Crippen LogP contribution in [0.25, 0.3) is 0 Å². The number of hydrogen-bond donors (Lipinski definition) is 4. The average molecular weight is 282 g/mol. The fourth-order valence-corrected chi connectivity index (χ4v) is 2.33. The first-order valence-electron chi connectivity index (χ1n) is 6.33. The Balaban J connectivity index is 2.34. The number of nitrogens with one attached hydrogen (secondary N) is 2. The third-order valence-corrected chi connectivity index (χ3v) is 3.53. The van der Waals surface area contributed by atoms with Gasteiger partial charge in [-0.3, -0.25) is 16.0 Å². The average Bonchev–Trinajstić information content (AvgIpc) is 2.47. The lowest BCUT2D eigenvalue weighted by atomic mass is 9.90. The summed E-state index contributed by atoms with van der Waals surface area (Å²) in [5.41, 5.74) is 2.14. The summed E-state index contributed by atoms with van der Waals surface area (Å²) in [4.78, 5) is 10.7. The summed E-state index contributed by atoms with van der Waals surface area (Å²) in [6.07, 6.45) is 1.17. The van der Waals surface area contributed by atoms with E-state index in [1.54, 1.807) is 12.1 Å². The van der Waals surface area contributed by atoms with E-state index in [4.69, 9.17) is 10.6 Å². The molecule has 0 saturated carbocycles. The second-order valence-corrected chi connectivity index (χ2v) is 4.78. The van der Waals surface area contributed by atoms with Gasteiger partial charge in [-0.1, -0.05) is 6.07 Å². The van der Waals surface area contributed by atoms with Crippen LogP contribution < -0.4 is 16.6 Å². The van der Waals surface area contributed by atoms with Crippen LogP contribution in [0.3, 0.4) is 0 Å². The van der Waals surface area contributed by atoms with Gasteiger partial charge in [0.05, 0.1) is 17.1 Å². The third kappa shape index (κ3) is 2.82. The predicted molar refractivity (Wildman–Crippen MR) is 74.4 cm³/mol. The van der Waals surface area contributed by atoms with Crippen molar-refractivity contribution in [2.24, 2.45) is 5.84 Å². The Morgan fingerprint density at radius 2 is 2.05 bits per heavy atom. The van der Waals surface area contributed by atoms with E-state index in [2.05, 4.69) is 10.7 Å². The number of nitro benzene ring substituents is 1. The monoisotopic (exact) mass is 282 g/mol. The maximum Gasteiger partial charge on any atom is 0.316 e. The second-order valence-electron chi connectivity index (χ2n) is 4.78. The molecule has 0 unspecified atom stereocenters. The highest BCUT2D eigenvalue weighted by Crippen LogP contribution is 2.36. The summed E-state index contributed by atoms with van der Waals surface area (Å²) in [5.74, 6) is 5.30. The number of nitrogen functional groups attached to an aromatic ring is 1. The second kappa shape index (κ2) is 6.04. The van der Waals surface area contributed by atoms with Gasteiger partial charge in [-0.15, -0.1) is 0 Å². The van der Waals surface area contributed by atoms with Crippen LogP contribution in [0, 0.1) is 10.1 Å². The van der Waals surface area contributed by atoms with E-state index in [-0.39, 0.29) is 18.0 Å². The molecule has 1 fully saturated rings. The quantitative estimate of drug-likeness (QED) is 0.358. The highest BCUT2D eigenvalue weighted by Gasteiger charge is 2.34. The Bertz CT molecular complexity index is 488. The Hall–Kier alpha value is -1.90. The van der Waals surface area contributed by atoms with Crippen LogP contribution in [-0.2, 0) is 4.74 Å². The van der Waals surface area contributed by atoms with Gasteiger partial charge < -0.3 is 20.6 Å². The van der Waals surface area contributed by atoms with Crippen molar-refractivity contribution in [3.8, 4) is 0 Å². The molecule has 2 rings (SSSR count). The zero-order valence-electron chi connectivity index (χ0n) is 11.0. The zero-order valence-corrected chi connectivity index (χ0v) is 11.0. The van der Waals surface area contributed by atoms with Gasteiger partial charge in [0, 0.05) is 13.2 Å². The molecule has 0 bridgehead atoms. The van der Waals surface area contributed by atoms with Crippen LogP contribution >= 0.6 is 0 Å². The summed E-state index contributed by atoms with van der Waals surface area (Å²) in [6.45, 7) is 0.903. The summed E-state index contributed by atoms with van der Waals surface area (Å²) in [6, 6.07) is 4.79. The Morgan fingerprint density at radius 3 is 2.60 bits per heavy atom. The molecule has 20 heavy (non-hydrogen) atoms. The van der Waals surface area contributed by atoms with E-state index in [0.29, 0.717) is 31.7 Å². The minimum absolute atomic E-state index is 0.117. The number of para-hydroxylation sites is 1. The topological polar surface area (TPSA) is 123 Å². The molecule has 0 aromatic heterocycles. The molecule has 1 aromatic carbocycles. The highest BCUT2D eigenvalue weighted by atomic mass is 16.6. The van der Waals surface area contributed by atoms with Crippen molar-refractivity contribution >= 4 is 17.1 Å². The zero-order chi connectivity index (χ0) is 14.6. The van der Waals surface area contributed by atoms with Gasteiger partial charge in [-0.05, 0) is 25.0 Å². The number of rotatable bonds is 5. The van der Waals surface area contributed by atoms with Gasteiger partial charge in [0.15, 0.2) is 0 Å². The predicted octanol–water partition coefficient (Wildman–Crippen LogP) is 0.834. The molecule has 0 aliphatic carbocycles. The van der Waals surface area contributed by atoms with Crippen molar-refractivity contribution in [2.75, 3.05) is 30.6 Å². The Labute approximate surface area is 116 Å². The molecule has 8 heteroatoms. The van der Waals surface area contributed by atoms with E-state index < -0.39 is 10.5 Å². The lowest BCUT2D eigenvalue weighted by Gasteiger charge is -2.37. The first-order valence-corrected chi connectivity index (χ1v) is 6.33. The van der Waals surface area contributed by atoms with E-state index in [1.165, 1.54) is 6.07 Å². The smallest absolute Gasteiger partial charge is 0.316 e. The minimum Gasteiger partial charge on any atom is -0.394 e. The summed E-state index contributed by atoms with van der Waals surface area (Å²) >= 11 is 0. The molecule has 1 saturated heterocycles. The van der Waals surface area contributed by atoms with Gasteiger partial charge in [0.1, 0.15) is 11.4 Å². The maximum atomic E-state index is 11.2. The molecule has 5 N–H and O–H groups in total. The molecular weight excluding hydrogens is 264 g/mol. The van der Waals surface area contributed by atoms with Crippen molar-refractivity contribution < 1.29 is 14.8 Å². The molecule has 1 aromatic rings. The molecule has 8 nitrogen and oxygen atoms in total. The van der Waals surface area contributed by atoms with Crippen molar-refractivity contribution in [3.05, 3.63) is 28.3 Å². The first kappa shape index (κ1) is 14.5. The van der Waals surface area contributed by atoms with Crippen LogP contribution in [0.5, 0.6) is 0 Å². The van der Waals surface area contributed by atoms with Crippen LogP contribution in [0.2, 0.25) is 0 Å². The third-order valence-electron chi connectivity index (χ3n) is 3.53. The number of hydrazine groups is 1. The van der Waals surface area contributed by atoms with Crippen molar-refractivity contribution in [1.29, 1.82) is 0 Å². The number of hydrogen-bond acceptors (Lipinski definition) is 7. The molecule has 0 amide bonds. The Morgan fingerprint density at radius 1 is 1.40 bits per heavy atom. The molecular formula is C12H18N4O4. The molecule has 1 aliphatic rings.